The van der Waals surface area contributed by atoms with Crippen molar-refractivity contribution in [3.63, 3.8) is 0 Å². The zero-order chi connectivity index (χ0) is 10.8. The van der Waals surface area contributed by atoms with Crippen molar-refractivity contribution in [2.24, 2.45) is 7.05 Å². The highest BCUT2D eigenvalue weighted by molar-refractivity contribution is 5.92. The number of aromatic nitrogens is 3. The number of pyridine rings is 1. The van der Waals surface area contributed by atoms with Gasteiger partial charge in [-0.25, -0.2) is 9.78 Å². The molecule has 0 atom stereocenters. The van der Waals surface area contributed by atoms with E-state index in [1.807, 2.05) is 0 Å². The highest BCUT2D eigenvalue weighted by Gasteiger charge is 2.16. The summed E-state index contributed by atoms with van der Waals surface area (Å²) in [6, 6.07) is 3.56. The molecule has 5 heteroatoms. The number of hydrogen-bond acceptors (Lipinski definition) is 3. The van der Waals surface area contributed by atoms with Gasteiger partial charge in [-0.1, -0.05) is 0 Å². The van der Waals surface area contributed by atoms with Gasteiger partial charge in [0, 0.05) is 25.0 Å². The number of rotatable bonds is 2. The predicted molar refractivity (Wildman–Crippen MR) is 53.4 cm³/mol. The molecule has 2 aromatic heterocycles. The molecular formula is C10H9N3O2. The van der Waals surface area contributed by atoms with Crippen LogP contribution in [0.3, 0.4) is 0 Å². The molecule has 1 N–H and O–H groups in total. The average Bonchev–Trinajstić information content (AvgIpc) is 2.61. The molecule has 15 heavy (non-hydrogen) atoms. The maximum absolute atomic E-state index is 10.9. The molecule has 0 fully saturated rings. The topological polar surface area (TPSA) is 68.0 Å². The molecule has 2 heterocycles. The van der Waals surface area contributed by atoms with Crippen molar-refractivity contribution in [1.82, 2.24) is 14.5 Å². The summed E-state index contributed by atoms with van der Waals surface area (Å²) in [5.74, 6) is -1.03. The van der Waals surface area contributed by atoms with Gasteiger partial charge in [0.15, 0.2) is 5.69 Å². The van der Waals surface area contributed by atoms with Crippen molar-refractivity contribution in [3.8, 4) is 11.3 Å². The van der Waals surface area contributed by atoms with Crippen LogP contribution in [0.25, 0.3) is 11.3 Å². The van der Waals surface area contributed by atoms with Gasteiger partial charge < -0.3 is 9.67 Å². The van der Waals surface area contributed by atoms with E-state index in [0.29, 0.717) is 5.69 Å². The quantitative estimate of drug-likeness (QED) is 0.795. The van der Waals surface area contributed by atoms with Crippen molar-refractivity contribution in [1.29, 1.82) is 0 Å². The Morgan fingerprint density at radius 3 is 2.93 bits per heavy atom. The monoisotopic (exact) mass is 203 g/mol. The van der Waals surface area contributed by atoms with E-state index in [1.165, 1.54) is 6.33 Å². The van der Waals surface area contributed by atoms with Gasteiger partial charge in [0.05, 0.1) is 12.0 Å². The Labute approximate surface area is 86.0 Å². The van der Waals surface area contributed by atoms with Gasteiger partial charge in [-0.3, -0.25) is 4.98 Å². The van der Waals surface area contributed by atoms with Crippen molar-refractivity contribution < 1.29 is 9.90 Å². The smallest absolute Gasteiger partial charge is 0.356 e. The maximum Gasteiger partial charge on any atom is 0.356 e. The second kappa shape index (κ2) is 3.53. The van der Waals surface area contributed by atoms with Gasteiger partial charge in [0.25, 0.3) is 0 Å². The number of imidazole rings is 1. The van der Waals surface area contributed by atoms with E-state index >= 15 is 0 Å². The first-order valence-electron chi connectivity index (χ1n) is 4.35. The van der Waals surface area contributed by atoms with E-state index in [0.717, 1.165) is 5.56 Å². The predicted octanol–water partition coefficient (Wildman–Crippen LogP) is 1.18. The molecule has 2 aromatic rings. The highest BCUT2D eigenvalue weighted by atomic mass is 16.4. The molecule has 0 bridgehead atoms. The third-order valence-corrected chi connectivity index (χ3v) is 2.07. The van der Waals surface area contributed by atoms with Crippen molar-refractivity contribution in [2.75, 3.05) is 0 Å². The largest absolute Gasteiger partial charge is 0.476 e. The Morgan fingerprint density at radius 1 is 1.53 bits per heavy atom. The zero-order valence-electron chi connectivity index (χ0n) is 8.08. The number of carboxylic acids is 1. The number of nitrogens with zero attached hydrogens (tertiary/aromatic N) is 3. The molecule has 0 saturated carbocycles. The van der Waals surface area contributed by atoms with Crippen LogP contribution in [0.15, 0.2) is 30.9 Å². The molecule has 0 saturated heterocycles. The van der Waals surface area contributed by atoms with E-state index < -0.39 is 5.97 Å². The first kappa shape index (κ1) is 9.39. The molecule has 76 valence electrons. The molecule has 0 spiro atoms. The minimum absolute atomic E-state index is 0.0468. The first-order chi connectivity index (χ1) is 7.20. The summed E-state index contributed by atoms with van der Waals surface area (Å²) in [6.45, 7) is 0. The van der Waals surface area contributed by atoms with Crippen LogP contribution in [0, 0.1) is 0 Å². The lowest BCUT2D eigenvalue weighted by Gasteiger charge is -2.02. The summed E-state index contributed by atoms with van der Waals surface area (Å²) in [6.07, 6.45) is 4.73. The van der Waals surface area contributed by atoms with Crippen LogP contribution in [0.2, 0.25) is 0 Å². The van der Waals surface area contributed by atoms with Gasteiger partial charge in [-0.2, -0.15) is 0 Å². The van der Waals surface area contributed by atoms with Gasteiger partial charge in [-0.05, 0) is 12.1 Å². The Hall–Kier alpha value is -2.17. The lowest BCUT2D eigenvalue weighted by Crippen LogP contribution is -2.01. The van der Waals surface area contributed by atoms with Gasteiger partial charge in [0.2, 0.25) is 0 Å². The Morgan fingerprint density at radius 2 is 2.33 bits per heavy atom. The van der Waals surface area contributed by atoms with Crippen LogP contribution in [0.5, 0.6) is 0 Å². The average molecular weight is 203 g/mol. The second-order valence-electron chi connectivity index (χ2n) is 3.10. The minimum atomic E-state index is -1.03. The molecule has 0 unspecified atom stereocenters. The van der Waals surface area contributed by atoms with Crippen molar-refractivity contribution in [3.05, 3.63) is 36.5 Å². The fourth-order valence-corrected chi connectivity index (χ4v) is 1.43. The summed E-state index contributed by atoms with van der Waals surface area (Å²) in [5.41, 5.74) is 1.36. The summed E-state index contributed by atoms with van der Waals surface area (Å²) in [7, 11) is 1.75. The SMILES string of the molecule is Cn1cnc(C(=O)O)c1-c1cccnc1. The zero-order valence-corrected chi connectivity index (χ0v) is 8.08. The fraction of sp³-hybridized carbons (Fsp3) is 0.100. The Balaban J connectivity index is 2.62. The Bertz CT molecular complexity index is 491. The van der Waals surface area contributed by atoms with E-state index in [4.69, 9.17) is 5.11 Å². The highest BCUT2D eigenvalue weighted by Crippen LogP contribution is 2.21. The molecule has 0 aliphatic carbocycles. The lowest BCUT2D eigenvalue weighted by molar-refractivity contribution is 0.0692. The van der Waals surface area contributed by atoms with Crippen LogP contribution < -0.4 is 0 Å². The van der Waals surface area contributed by atoms with Crippen LogP contribution in [-0.4, -0.2) is 25.6 Å². The number of aryl methyl sites for hydroxylation is 1. The molecule has 0 aromatic carbocycles. The molecule has 0 radical (unpaired) electrons. The van der Waals surface area contributed by atoms with E-state index in [1.54, 1.807) is 36.1 Å². The lowest BCUT2D eigenvalue weighted by atomic mass is 10.1. The molecule has 0 aliphatic heterocycles. The summed E-state index contributed by atoms with van der Waals surface area (Å²) >= 11 is 0. The normalized spacial score (nSPS) is 10.2. The van der Waals surface area contributed by atoms with E-state index in [2.05, 4.69) is 9.97 Å². The number of aromatic carboxylic acids is 1. The van der Waals surface area contributed by atoms with Gasteiger partial charge in [0.1, 0.15) is 0 Å². The third-order valence-electron chi connectivity index (χ3n) is 2.07. The molecule has 5 nitrogen and oxygen atoms in total. The fourth-order valence-electron chi connectivity index (χ4n) is 1.43. The maximum atomic E-state index is 10.9. The molecule has 0 aliphatic rings. The van der Waals surface area contributed by atoms with Crippen LogP contribution in [0.1, 0.15) is 10.5 Å². The van der Waals surface area contributed by atoms with Crippen molar-refractivity contribution >= 4 is 5.97 Å². The number of carbonyl (C=O) groups is 1. The number of hydrogen-bond donors (Lipinski definition) is 1. The van der Waals surface area contributed by atoms with Crippen molar-refractivity contribution in [2.45, 2.75) is 0 Å². The second-order valence-corrected chi connectivity index (χ2v) is 3.10. The molecule has 2 rings (SSSR count). The van der Waals surface area contributed by atoms with Crippen LogP contribution >= 0.6 is 0 Å². The first-order valence-corrected chi connectivity index (χ1v) is 4.35. The summed E-state index contributed by atoms with van der Waals surface area (Å²) in [5, 5.41) is 8.94. The van der Waals surface area contributed by atoms with E-state index in [-0.39, 0.29) is 5.69 Å². The third kappa shape index (κ3) is 1.59. The molecule has 0 amide bonds. The van der Waals surface area contributed by atoms with Gasteiger partial charge in [-0.15, -0.1) is 0 Å². The standard InChI is InChI=1S/C10H9N3O2/c1-13-6-12-8(10(14)15)9(13)7-3-2-4-11-5-7/h2-6H,1H3,(H,14,15). The van der Waals surface area contributed by atoms with Crippen LogP contribution in [-0.2, 0) is 7.05 Å². The van der Waals surface area contributed by atoms with Gasteiger partial charge >= 0.3 is 5.97 Å². The summed E-state index contributed by atoms with van der Waals surface area (Å²) in [4.78, 5) is 18.7. The number of carboxylic acid groups (broad SMARTS) is 1. The van der Waals surface area contributed by atoms with E-state index in [9.17, 15) is 4.79 Å². The summed E-state index contributed by atoms with van der Waals surface area (Å²) < 4.78 is 1.67. The minimum Gasteiger partial charge on any atom is -0.476 e. The molecular weight excluding hydrogens is 194 g/mol. The van der Waals surface area contributed by atoms with Crippen LogP contribution in [0.4, 0.5) is 0 Å². The Kier molecular flexibility index (Phi) is 2.21.